The van der Waals surface area contributed by atoms with Gasteiger partial charge in [-0.25, -0.2) is 0 Å². The predicted octanol–water partition coefficient (Wildman–Crippen LogP) is 3.31. The minimum absolute atomic E-state index is 0.00514. The first kappa shape index (κ1) is 14.4. The molecule has 3 heteroatoms. The van der Waals surface area contributed by atoms with Crippen LogP contribution in [0.4, 0.5) is 0 Å². The molecule has 1 saturated heterocycles. The van der Waals surface area contributed by atoms with Crippen LogP contribution in [-0.2, 0) is 4.74 Å². The fourth-order valence-corrected chi connectivity index (χ4v) is 2.58. The van der Waals surface area contributed by atoms with E-state index in [2.05, 4.69) is 31.3 Å². The van der Waals surface area contributed by atoms with Gasteiger partial charge in [0.2, 0.25) is 0 Å². The standard InChI is InChI=1S/C16H25NO2/c1-4-18-15-9-6-5-8-14(15)13(2)17-12-16(3)10-7-11-19-16/h5-6,8-9,13,17H,4,7,10-12H2,1-3H3. The fourth-order valence-electron chi connectivity index (χ4n) is 2.58. The summed E-state index contributed by atoms with van der Waals surface area (Å²) in [7, 11) is 0. The maximum atomic E-state index is 5.81. The molecule has 1 fully saturated rings. The van der Waals surface area contributed by atoms with E-state index in [0.29, 0.717) is 6.61 Å². The van der Waals surface area contributed by atoms with Crippen LogP contribution in [0.25, 0.3) is 0 Å². The van der Waals surface area contributed by atoms with Crippen LogP contribution in [0.5, 0.6) is 5.75 Å². The number of rotatable bonds is 6. The van der Waals surface area contributed by atoms with Gasteiger partial charge < -0.3 is 14.8 Å². The molecule has 0 radical (unpaired) electrons. The van der Waals surface area contributed by atoms with Crippen molar-refractivity contribution >= 4 is 0 Å². The van der Waals surface area contributed by atoms with Gasteiger partial charge in [0.15, 0.2) is 0 Å². The van der Waals surface area contributed by atoms with Crippen LogP contribution in [0.3, 0.4) is 0 Å². The van der Waals surface area contributed by atoms with E-state index in [-0.39, 0.29) is 11.6 Å². The molecular formula is C16H25NO2. The molecule has 2 rings (SSSR count). The van der Waals surface area contributed by atoms with Crippen molar-refractivity contribution < 1.29 is 9.47 Å². The molecule has 0 aliphatic carbocycles. The fraction of sp³-hybridized carbons (Fsp3) is 0.625. The van der Waals surface area contributed by atoms with Gasteiger partial charge in [0.05, 0.1) is 12.2 Å². The van der Waals surface area contributed by atoms with Crippen LogP contribution >= 0.6 is 0 Å². The Morgan fingerprint density at radius 2 is 2.21 bits per heavy atom. The molecule has 0 aromatic heterocycles. The Morgan fingerprint density at radius 1 is 1.42 bits per heavy atom. The van der Waals surface area contributed by atoms with Crippen molar-refractivity contribution in [2.75, 3.05) is 19.8 Å². The summed E-state index contributed by atoms with van der Waals surface area (Å²) in [4.78, 5) is 0. The van der Waals surface area contributed by atoms with Gasteiger partial charge >= 0.3 is 0 Å². The van der Waals surface area contributed by atoms with Crippen molar-refractivity contribution in [1.29, 1.82) is 0 Å². The highest BCUT2D eigenvalue weighted by atomic mass is 16.5. The maximum absolute atomic E-state index is 5.81. The van der Waals surface area contributed by atoms with Crippen LogP contribution in [-0.4, -0.2) is 25.4 Å². The molecule has 0 saturated carbocycles. The molecule has 0 spiro atoms. The number of ether oxygens (including phenoxy) is 2. The first-order chi connectivity index (χ1) is 9.14. The van der Waals surface area contributed by atoms with Gasteiger partial charge in [0.25, 0.3) is 0 Å². The van der Waals surface area contributed by atoms with Gasteiger partial charge in [-0.2, -0.15) is 0 Å². The summed E-state index contributed by atoms with van der Waals surface area (Å²) < 4.78 is 11.5. The summed E-state index contributed by atoms with van der Waals surface area (Å²) in [5.41, 5.74) is 1.21. The normalized spacial score (nSPS) is 24.4. The number of hydrogen-bond acceptors (Lipinski definition) is 3. The SMILES string of the molecule is CCOc1ccccc1C(C)NCC1(C)CCCO1. The van der Waals surface area contributed by atoms with Gasteiger partial charge in [-0.1, -0.05) is 18.2 Å². The van der Waals surface area contributed by atoms with Gasteiger partial charge in [-0.15, -0.1) is 0 Å². The summed E-state index contributed by atoms with van der Waals surface area (Å²) in [5.74, 6) is 0.975. The largest absolute Gasteiger partial charge is 0.494 e. The van der Waals surface area contributed by atoms with Crippen LogP contribution in [0.15, 0.2) is 24.3 Å². The smallest absolute Gasteiger partial charge is 0.124 e. The van der Waals surface area contributed by atoms with E-state index in [4.69, 9.17) is 9.47 Å². The average Bonchev–Trinajstić information content (AvgIpc) is 2.85. The second-order valence-corrected chi connectivity index (χ2v) is 5.48. The molecule has 2 unspecified atom stereocenters. The number of nitrogens with one attached hydrogen (secondary N) is 1. The third-order valence-corrected chi connectivity index (χ3v) is 3.77. The Balaban J connectivity index is 1.97. The number of benzene rings is 1. The van der Waals surface area contributed by atoms with Crippen molar-refractivity contribution in [3.63, 3.8) is 0 Å². The molecule has 1 aromatic rings. The summed E-state index contributed by atoms with van der Waals surface area (Å²) >= 11 is 0. The maximum Gasteiger partial charge on any atom is 0.124 e. The van der Waals surface area contributed by atoms with Crippen LogP contribution in [0.1, 0.15) is 45.2 Å². The van der Waals surface area contributed by atoms with Gasteiger partial charge in [-0.05, 0) is 39.7 Å². The minimum Gasteiger partial charge on any atom is -0.494 e. The summed E-state index contributed by atoms with van der Waals surface area (Å²) in [6.07, 6.45) is 2.31. The first-order valence-electron chi connectivity index (χ1n) is 7.24. The van der Waals surface area contributed by atoms with E-state index in [9.17, 15) is 0 Å². The van der Waals surface area contributed by atoms with Crippen molar-refractivity contribution in [2.24, 2.45) is 0 Å². The molecule has 1 aliphatic rings. The Kier molecular flexibility index (Phi) is 4.83. The third kappa shape index (κ3) is 3.71. The number of hydrogen-bond donors (Lipinski definition) is 1. The van der Waals surface area contributed by atoms with Crippen molar-refractivity contribution in [2.45, 2.75) is 45.3 Å². The Morgan fingerprint density at radius 3 is 2.89 bits per heavy atom. The molecule has 3 nitrogen and oxygen atoms in total. The van der Waals surface area contributed by atoms with E-state index in [0.717, 1.165) is 25.3 Å². The van der Waals surface area contributed by atoms with Crippen molar-refractivity contribution in [3.8, 4) is 5.75 Å². The lowest BCUT2D eigenvalue weighted by molar-refractivity contribution is 0.0190. The highest BCUT2D eigenvalue weighted by molar-refractivity contribution is 5.35. The topological polar surface area (TPSA) is 30.5 Å². The molecule has 19 heavy (non-hydrogen) atoms. The zero-order valence-electron chi connectivity index (χ0n) is 12.2. The molecule has 2 atom stereocenters. The summed E-state index contributed by atoms with van der Waals surface area (Å²) in [5, 5.41) is 3.58. The summed E-state index contributed by atoms with van der Waals surface area (Å²) in [6.45, 7) is 8.86. The molecular weight excluding hydrogens is 238 g/mol. The molecule has 0 amide bonds. The molecule has 1 heterocycles. The van der Waals surface area contributed by atoms with E-state index in [1.54, 1.807) is 0 Å². The molecule has 1 aliphatic heterocycles. The van der Waals surface area contributed by atoms with E-state index < -0.39 is 0 Å². The second-order valence-electron chi connectivity index (χ2n) is 5.48. The van der Waals surface area contributed by atoms with Gasteiger partial charge in [0, 0.05) is 24.8 Å². The number of para-hydroxylation sites is 1. The van der Waals surface area contributed by atoms with Gasteiger partial charge in [0.1, 0.15) is 5.75 Å². The monoisotopic (exact) mass is 263 g/mol. The third-order valence-electron chi connectivity index (χ3n) is 3.77. The zero-order valence-corrected chi connectivity index (χ0v) is 12.2. The molecule has 1 aromatic carbocycles. The van der Waals surface area contributed by atoms with Crippen molar-refractivity contribution in [3.05, 3.63) is 29.8 Å². The molecule has 106 valence electrons. The predicted molar refractivity (Wildman–Crippen MR) is 77.6 cm³/mol. The van der Waals surface area contributed by atoms with E-state index in [1.807, 2.05) is 19.1 Å². The van der Waals surface area contributed by atoms with E-state index in [1.165, 1.54) is 12.0 Å². The highest BCUT2D eigenvalue weighted by Gasteiger charge is 2.30. The summed E-state index contributed by atoms with van der Waals surface area (Å²) in [6, 6.07) is 8.50. The molecule has 1 N–H and O–H groups in total. The lowest BCUT2D eigenvalue weighted by Gasteiger charge is -2.26. The van der Waals surface area contributed by atoms with Crippen LogP contribution in [0.2, 0.25) is 0 Å². The Bertz CT molecular complexity index is 399. The van der Waals surface area contributed by atoms with Crippen molar-refractivity contribution in [1.82, 2.24) is 5.32 Å². The second kappa shape index (κ2) is 6.40. The first-order valence-corrected chi connectivity index (χ1v) is 7.24. The minimum atomic E-state index is -0.00514. The Hall–Kier alpha value is -1.06. The lowest BCUT2D eigenvalue weighted by Crippen LogP contribution is -2.38. The average molecular weight is 263 g/mol. The van der Waals surface area contributed by atoms with Gasteiger partial charge in [-0.3, -0.25) is 0 Å². The van der Waals surface area contributed by atoms with E-state index >= 15 is 0 Å². The Labute approximate surface area is 116 Å². The molecule has 0 bridgehead atoms. The zero-order chi connectivity index (χ0) is 13.7. The highest BCUT2D eigenvalue weighted by Crippen LogP contribution is 2.28. The lowest BCUT2D eigenvalue weighted by atomic mass is 10.0. The van der Waals surface area contributed by atoms with Crippen LogP contribution < -0.4 is 10.1 Å². The quantitative estimate of drug-likeness (QED) is 0.854. The van der Waals surface area contributed by atoms with Crippen LogP contribution in [0, 0.1) is 0 Å².